The van der Waals surface area contributed by atoms with Gasteiger partial charge in [-0.3, -0.25) is 0 Å². The van der Waals surface area contributed by atoms with E-state index in [9.17, 15) is 4.39 Å². The number of hydrogen-bond acceptors (Lipinski definition) is 2. The zero-order valence-corrected chi connectivity index (χ0v) is 11.7. The van der Waals surface area contributed by atoms with E-state index < -0.39 is 0 Å². The summed E-state index contributed by atoms with van der Waals surface area (Å²) in [6.07, 6.45) is 6.94. The Balaban J connectivity index is 2.01. The summed E-state index contributed by atoms with van der Waals surface area (Å²) in [7, 11) is 0. The van der Waals surface area contributed by atoms with Crippen molar-refractivity contribution in [1.82, 2.24) is 0 Å². The normalized spacial score (nSPS) is 18.3. The number of para-hydroxylation sites is 1. The first kappa shape index (κ1) is 14.3. The summed E-state index contributed by atoms with van der Waals surface area (Å²) in [5.41, 5.74) is 6.68. The molecule has 1 unspecified atom stereocenters. The summed E-state index contributed by atoms with van der Waals surface area (Å²) in [6.45, 7) is 2.56. The third kappa shape index (κ3) is 4.20. The quantitative estimate of drug-likeness (QED) is 0.881. The fraction of sp³-hybridized carbons (Fsp3) is 0.625. The van der Waals surface area contributed by atoms with E-state index in [0.29, 0.717) is 24.7 Å². The predicted octanol–water partition coefficient (Wildman–Crippen LogP) is 3.67. The second-order valence-electron chi connectivity index (χ2n) is 5.72. The van der Waals surface area contributed by atoms with Crippen molar-refractivity contribution in [2.24, 2.45) is 11.7 Å². The van der Waals surface area contributed by atoms with Crippen LogP contribution in [-0.2, 0) is 6.42 Å². The summed E-state index contributed by atoms with van der Waals surface area (Å²) in [5, 5.41) is 0. The Kier molecular flexibility index (Phi) is 5.20. The number of halogens is 1. The van der Waals surface area contributed by atoms with E-state index in [1.807, 2.05) is 13.0 Å². The van der Waals surface area contributed by atoms with E-state index in [4.69, 9.17) is 10.5 Å². The van der Waals surface area contributed by atoms with Gasteiger partial charge in [0.1, 0.15) is 0 Å². The third-order valence-electron chi connectivity index (χ3n) is 3.78. The second kappa shape index (κ2) is 6.90. The highest BCUT2D eigenvalue weighted by atomic mass is 19.1. The SMILES string of the molecule is CC(N)Cc1cccc(F)c1OCC1CCCCC1. The zero-order chi connectivity index (χ0) is 13.7. The smallest absolute Gasteiger partial charge is 0.165 e. The Labute approximate surface area is 115 Å². The lowest BCUT2D eigenvalue weighted by atomic mass is 9.90. The standard InChI is InChI=1S/C16H24FNO/c1-12(18)10-14-8-5-9-15(17)16(14)19-11-13-6-3-2-4-7-13/h5,8-9,12-13H,2-4,6-7,10-11,18H2,1H3. The summed E-state index contributed by atoms with van der Waals surface area (Å²) < 4.78 is 19.7. The number of ether oxygens (including phenoxy) is 1. The minimum Gasteiger partial charge on any atom is -0.490 e. The van der Waals surface area contributed by atoms with Crippen LogP contribution in [0.5, 0.6) is 5.75 Å². The van der Waals surface area contributed by atoms with Crippen LogP contribution < -0.4 is 10.5 Å². The van der Waals surface area contributed by atoms with Gasteiger partial charge < -0.3 is 10.5 Å². The average molecular weight is 265 g/mol. The summed E-state index contributed by atoms with van der Waals surface area (Å²) in [4.78, 5) is 0. The maximum Gasteiger partial charge on any atom is 0.165 e. The highest BCUT2D eigenvalue weighted by molar-refractivity contribution is 5.35. The highest BCUT2D eigenvalue weighted by Gasteiger charge is 2.17. The molecule has 3 heteroatoms. The molecule has 0 saturated heterocycles. The van der Waals surface area contributed by atoms with E-state index in [-0.39, 0.29) is 11.9 Å². The molecule has 2 nitrogen and oxygen atoms in total. The number of nitrogens with two attached hydrogens (primary N) is 1. The molecule has 106 valence electrons. The van der Waals surface area contributed by atoms with E-state index in [1.54, 1.807) is 6.07 Å². The molecule has 2 rings (SSSR count). The van der Waals surface area contributed by atoms with Gasteiger partial charge in [0.05, 0.1) is 6.61 Å². The Bertz CT molecular complexity index is 400. The maximum absolute atomic E-state index is 13.9. The molecular formula is C16H24FNO. The highest BCUT2D eigenvalue weighted by Crippen LogP contribution is 2.28. The lowest BCUT2D eigenvalue weighted by Crippen LogP contribution is -2.20. The first-order valence-corrected chi connectivity index (χ1v) is 7.32. The van der Waals surface area contributed by atoms with E-state index in [1.165, 1.54) is 38.2 Å². The number of benzene rings is 1. The molecular weight excluding hydrogens is 241 g/mol. The Morgan fingerprint density at radius 1 is 1.32 bits per heavy atom. The van der Waals surface area contributed by atoms with Crippen LogP contribution in [-0.4, -0.2) is 12.6 Å². The van der Waals surface area contributed by atoms with Gasteiger partial charge >= 0.3 is 0 Å². The van der Waals surface area contributed by atoms with Crippen LogP contribution in [0.1, 0.15) is 44.6 Å². The van der Waals surface area contributed by atoms with Gasteiger partial charge in [0.15, 0.2) is 11.6 Å². The second-order valence-corrected chi connectivity index (χ2v) is 5.72. The van der Waals surface area contributed by atoms with Gasteiger partial charge in [0, 0.05) is 6.04 Å². The fourth-order valence-electron chi connectivity index (χ4n) is 2.78. The Hall–Kier alpha value is -1.09. The molecule has 0 radical (unpaired) electrons. The molecule has 0 aliphatic heterocycles. The van der Waals surface area contributed by atoms with Gasteiger partial charge in [0.2, 0.25) is 0 Å². The largest absolute Gasteiger partial charge is 0.490 e. The minimum absolute atomic E-state index is 0.0128. The van der Waals surface area contributed by atoms with Gasteiger partial charge in [0.25, 0.3) is 0 Å². The van der Waals surface area contributed by atoms with Gasteiger partial charge in [-0.2, -0.15) is 0 Å². The van der Waals surface area contributed by atoms with E-state index in [0.717, 1.165) is 5.56 Å². The molecule has 1 aromatic rings. The van der Waals surface area contributed by atoms with Crippen LogP contribution in [0.2, 0.25) is 0 Å². The third-order valence-corrected chi connectivity index (χ3v) is 3.78. The average Bonchev–Trinajstić information content (AvgIpc) is 2.38. The molecule has 1 aliphatic carbocycles. The van der Waals surface area contributed by atoms with Crippen molar-refractivity contribution in [3.63, 3.8) is 0 Å². The summed E-state index contributed by atoms with van der Waals surface area (Å²) in [5.74, 6) is 0.718. The predicted molar refractivity (Wildman–Crippen MR) is 75.8 cm³/mol. The first-order valence-electron chi connectivity index (χ1n) is 7.32. The maximum atomic E-state index is 13.9. The molecule has 0 amide bonds. The van der Waals surface area contributed by atoms with Crippen molar-refractivity contribution in [2.45, 2.75) is 51.5 Å². The van der Waals surface area contributed by atoms with Crippen LogP contribution in [0.25, 0.3) is 0 Å². The van der Waals surface area contributed by atoms with E-state index >= 15 is 0 Å². The van der Waals surface area contributed by atoms with Gasteiger partial charge in [-0.05, 0) is 43.7 Å². The van der Waals surface area contributed by atoms with Gasteiger partial charge in [-0.25, -0.2) is 4.39 Å². The van der Waals surface area contributed by atoms with Crippen LogP contribution >= 0.6 is 0 Å². The fourth-order valence-corrected chi connectivity index (χ4v) is 2.78. The van der Waals surface area contributed by atoms with E-state index in [2.05, 4.69) is 0 Å². The zero-order valence-electron chi connectivity index (χ0n) is 11.7. The first-order chi connectivity index (χ1) is 9.16. The number of hydrogen-bond donors (Lipinski definition) is 1. The molecule has 1 aromatic carbocycles. The molecule has 19 heavy (non-hydrogen) atoms. The molecule has 1 atom stereocenters. The lowest BCUT2D eigenvalue weighted by Gasteiger charge is -2.22. The van der Waals surface area contributed by atoms with Crippen molar-refractivity contribution in [3.05, 3.63) is 29.6 Å². The van der Waals surface area contributed by atoms with Crippen molar-refractivity contribution < 1.29 is 9.13 Å². The Morgan fingerprint density at radius 3 is 2.74 bits per heavy atom. The summed E-state index contributed by atoms with van der Waals surface area (Å²) >= 11 is 0. The molecule has 0 spiro atoms. The van der Waals surface area contributed by atoms with Crippen LogP contribution in [0.4, 0.5) is 4.39 Å². The molecule has 2 N–H and O–H groups in total. The van der Waals surface area contributed by atoms with Crippen LogP contribution in [0.15, 0.2) is 18.2 Å². The molecule has 1 fully saturated rings. The molecule has 1 aliphatic rings. The van der Waals surface area contributed by atoms with Crippen LogP contribution in [0.3, 0.4) is 0 Å². The van der Waals surface area contributed by atoms with Gasteiger partial charge in [-0.15, -0.1) is 0 Å². The van der Waals surface area contributed by atoms with Crippen molar-refractivity contribution in [2.75, 3.05) is 6.61 Å². The molecule has 0 aromatic heterocycles. The number of rotatable bonds is 5. The summed E-state index contributed by atoms with van der Waals surface area (Å²) in [6, 6.07) is 5.10. The monoisotopic (exact) mass is 265 g/mol. The topological polar surface area (TPSA) is 35.2 Å². The van der Waals surface area contributed by atoms with Crippen LogP contribution in [0, 0.1) is 11.7 Å². The lowest BCUT2D eigenvalue weighted by molar-refractivity contribution is 0.200. The minimum atomic E-state index is -0.269. The molecule has 0 bridgehead atoms. The van der Waals surface area contributed by atoms with Crippen molar-refractivity contribution in [3.8, 4) is 5.75 Å². The molecule has 0 heterocycles. The van der Waals surface area contributed by atoms with Gasteiger partial charge in [-0.1, -0.05) is 31.4 Å². The molecule has 1 saturated carbocycles. The van der Waals surface area contributed by atoms with Crippen molar-refractivity contribution >= 4 is 0 Å². The van der Waals surface area contributed by atoms with Crippen molar-refractivity contribution in [1.29, 1.82) is 0 Å². The Morgan fingerprint density at radius 2 is 2.05 bits per heavy atom.